The Bertz CT molecular complexity index is 1370. The zero-order valence-electron chi connectivity index (χ0n) is 20.5. The summed E-state index contributed by atoms with van der Waals surface area (Å²) >= 11 is 0. The smallest absolute Gasteiger partial charge is 0.251 e. The second kappa shape index (κ2) is 11.0. The number of carbonyl (C=O) groups is 1. The van der Waals surface area contributed by atoms with Gasteiger partial charge in [0.2, 0.25) is 0 Å². The van der Waals surface area contributed by atoms with E-state index in [-0.39, 0.29) is 25.3 Å². The van der Waals surface area contributed by atoms with Crippen LogP contribution in [0.3, 0.4) is 0 Å². The molecular weight excluding hydrogens is 476 g/mol. The maximum Gasteiger partial charge on any atom is 0.251 e. The second-order valence-electron chi connectivity index (χ2n) is 8.66. The Hall–Kier alpha value is -3.63. The second-order valence-corrected chi connectivity index (χ2v) is 8.66. The van der Waals surface area contributed by atoms with E-state index < -0.39 is 0 Å². The summed E-state index contributed by atoms with van der Waals surface area (Å²) in [5, 5.41) is 11.7. The fourth-order valence-corrected chi connectivity index (χ4v) is 4.25. The highest BCUT2D eigenvalue weighted by Gasteiger charge is 2.23. The lowest BCUT2D eigenvalue weighted by atomic mass is 9.98. The predicted octanol–water partition coefficient (Wildman–Crippen LogP) is 3.76. The Morgan fingerprint density at radius 3 is 2.75 bits per heavy atom. The number of amides is 1. The number of rotatable bonds is 8. The SMILES string of the molecule is CNC(=O)c1ccc([C@H](C)CNc2cc(-c3ccc4c(cnn4C4COC4)c3)ncn2)c(OC)c1.S. The fourth-order valence-electron chi connectivity index (χ4n) is 4.25. The van der Waals surface area contributed by atoms with Crippen molar-refractivity contribution in [2.24, 2.45) is 0 Å². The number of nitrogens with one attached hydrogen (secondary N) is 2. The van der Waals surface area contributed by atoms with Gasteiger partial charge in [0.25, 0.3) is 5.91 Å². The predicted molar refractivity (Wildman–Crippen MR) is 144 cm³/mol. The van der Waals surface area contributed by atoms with E-state index in [0.29, 0.717) is 37.1 Å². The third-order valence-corrected chi connectivity index (χ3v) is 6.37. The van der Waals surface area contributed by atoms with Crippen molar-refractivity contribution in [1.29, 1.82) is 0 Å². The number of hydrogen-bond acceptors (Lipinski definition) is 7. The van der Waals surface area contributed by atoms with E-state index in [1.54, 1.807) is 26.6 Å². The maximum atomic E-state index is 11.9. The van der Waals surface area contributed by atoms with Gasteiger partial charge in [-0.25, -0.2) is 9.97 Å². The standard InChI is InChI=1S/C26H28N6O3.H2S/c1-16(21-6-4-18(26(33)27-2)9-24(21)34-3)11-28-25-10-22(29-15-30-25)17-5-7-23-19(8-17)12-31-32(23)20-13-35-14-20;/h4-10,12,15-16,20H,11,13-14H2,1-3H3,(H,27,33)(H,28,29,30);1H2/t16-;/m1./s1. The van der Waals surface area contributed by atoms with Crippen molar-refractivity contribution >= 4 is 36.1 Å². The molecule has 10 heteroatoms. The molecule has 2 N–H and O–H groups in total. The van der Waals surface area contributed by atoms with Gasteiger partial charge in [-0.1, -0.05) is 19.1 Å². The molecule has 1 fully saturated rings. The minimum Gasteiger partial charge on any atom is -0.496 e. The topological polar surface area (TPSA) is 103 Å². The van der Waals surface area contributed by atoms with Gasteiger partial charge in [-0.3, -0.25) is 9.48 Å². The minimum absolute atomic E-state index is 0. The average Bonchev–Trinajstić information content (AvgIpc) is 3.28. The monoisotopic (exact) mass is 506 g/mol. The molecule has 36 heavy (non-hydrogen) atoms. The zero-order chi connectivity index (χ0) is 24.4. The molecule has 0 unspecified atom stereocenters. The number of fused-ring (bicyclic) bond motifs is 1. The molecule has 188 valence electrons. The van der Waals surface area contributed by atoms with E-state index in [4.69, 9.17) is 9.47 Å². The molecule has 3 heterocycles. The van der Waals surface area contributed by atoms with E-state index in [9.17, 15) is 4.79 Å². The molecular formula is C26H30N6O3S. The highest BCUT2D eigenvalue weighted by Crippen LogP contribution is 2.29. The third-order valence-electron chi connectivity index (χ3n) is 6.37. The number of nitrogens with zero attached hydrogens (tertiary/aromatic N) is 4. The number of aromatic nitrogens is 4. The van der Waals surface area contributed by atoms with Crippen molar-refractivity contribution in [2.75, 3.05) is 39.2 Å². The van der Waals surface area contributed by atoms with Crippen LogP contribution in [0, 0.1) is 0 Å². The van der Waals surface area contributed by atoms with Gasteiger partial charge in [-0.15, -0.1) is 0 Å². The van der Waals surface area contributed by atoms with Crippen molar-refractivity contribution in [3.05, 3.63) is 66.1 Å². The molecule has 1 saturated heterocycles. The first-order valence-corrected chi connectivity index (χ1v) is 11.6. The molecule has 0 bridgehead atoms. The van der Waals surface area contributed by atoms with Crippen LogP contribution in [0.1, 0.15) is 34.8 Å². The normalized spacial score (nSPS) is 14.0. The lowest BCUT2D eigenvalue weighted by Crippen LogP contribution is -2.31. The van der Waals surface area contributed by atoms with Crippen molar-refractivity contribution in [3.8, 4) is 17.0 Å². The summed E-state index contributed by atoms with van der Waals surface area (Å²) in [4.78, 5) is 20.8. The fraction of sp³-hybridized carbons (Fsp3) is 0.308. The Morgan fingerprint density at radius 2 is 2.03 bits per heavy atom. The molecule has 1 atom stereocenters. The van der Waals surface area contributed by atoms with Gasteiger partial charge in [-0.2, -0.15) is 18.6 Å². The van der Waals surface area contributed by atoms with Crippen LogP contribution in [-0.2, 0) is 4.74 Å². The van der Waals surface area contributed by atoms with E-state index in [0.717, 1.165) is 33.5 Å². The first-order chi connectivity index (χ1) is 17.1. The number of ether oxygens (including phenoxy) is 2. The van der Waals surface area contributed by atoms with Gasteiger partial charge >= 0.3 is 0 Å². The van der Waals surface area contributed by atoms with Crippen LogP contribution >= 0.6 is 13.5 Å². The molecule has 5 rings (SSSR count). The Balaban J connectivity index is 0.00000304. The molecule has 2 aromatic carbocycles. The Morgan fingerprint density at radius 1 is 1.19 bits per heavy atom. The van der Waals surface area contributed by atoms with E-state index >= 15 is 0 Å². The largest absolute Gasteiger partial charge is 0.496 e. The van der Waals surface area contributed by atoms with Gasteiger partial charge in [0, 0.05) is 42.1 Å². The highest BCUT2D eigenvalue weighted by molar-refractivity contribution is 7.59. The number of anilines is 1. The first-order valence-electron chi connectivity index (χ1n) is 11.6. The summed E-state index contributed by atoms with van der Waals surface area (Å²) in [6.07, 6.45) is 3.46. The third kappa shape index (κ3) is 5.00. The Labute approximate surface area is 216 Å². The summed E-state index contributed by atoms with van der Waals surface area (Å²) in [6, 6.07) is 14.0. The number of carbonyl (C=O) groups excluding carboxylic acids is 1. The van der Waals surface area contributed by atoms with E-state index in [2.05, 4.69) is 50.8 Å². The van der Waals surface area contributed by atoms with Crippen LogP contribution in [0.5, 0.6) is 5.75 Å². The summed E-state index contributed by atoms with van der Waals surface area (Å²) in [5.74, 6) is 1.41. The van der Waals surface area contributed by atoms with E-state index in [1.165, 1.54) is 0 Å². The maximum absolute atomic E-state index is 11.9. The van der Waals surface area contributed by atoms with Crippen LogP contribution in [0.2, 0.25) is 0 Å². The molecule has 1 amide bonds. The molecule has 4 aromatic rings. The van der Waals surface area contributed by atoms with Crippen LogP contribution in [-0.4, -0.2) is 59.6 Å². The molecule has 0 radical (unpaired) electrons. The van der Waals surface area contributed by atoms with Gasteiger partial charge < -0.3 is 20.1 Å². The van der Waals surface area contributed by atoms with Crippen LogP contribution in [0.25, 0.3) is 22.2 Å². The van der Waals surface area contributed by atoms with Crippen LogP contribution < -0.4 is 15.4 Å². The lowest BCUT2D eigenvalue weighted by Gasteiger charge is -2.26. The Kier molecular flexibility index (Phi) is 7.76. The summed E-state index contributed by atoms with van der Waals surface area (Å²) in [5.41, 5.74) is 4.52. The quantitative estimate of drug-likeness (QED) is 0.375. The molecule has 0 saturated carbocycles. The molecule has 1 aliphatic rings. The first kappa shape index (κ1) is 25.5. The molecule has 0 aliphatic carbocycles. The van der Waals surface area contributed by atoms with Gasteiger partial charge in [0.1, 0.15) is 17.9 Å². The van der Waals surface area contributed by atoms with Crippen molar-refractivity contribution in [3.63, 3.8) is 0 Å². The number of benzene rings is 2. The van der Waals surface area contributed by atoms with Crippen molar-refractivity contribution < 1.29 is 14.3 Å². The number of methoxy groups -OCH3 is 1. The van der Waals surface area contributed by atoms with Crippen LogP contribution in [0.4, 0.5) is 5.82 Å². The minimum atomic E-state index is -0.142. The van der Waals surface area contributed by atoms with Gasteiger partial charge in [0.15, 0.2) is 0 Å². The zero-order valence-corrected chi connectivity index (χ0v) is 21.5. The van der Waals surface area contributed by atoms with Crippen LogP contribution in [0.15, 0.2) is 55.0 Å². The van der Waals surface area contributed by atoms with Gasteiger partial charge in [0.05, 0.1) is 43.8 Å². The van der Waals surface area contributed by atoms with Crippen molar-refractivity contribution in [1.82, 2.24) is 25.1 Å². The van der Waals surface area contributed by atoms with Crippen molar-refractivity contribution in [2.45, 2.75) is 18.9 Å². The molecule has 1 aliphatic heterocycles. The number of hydrogen-bond donors (Lipinski definition) is 2. The summed E-state index contributed by atoms with van der Waals surface area (Å²) < 4.78 is 12.9. The van der Waals surface area contributed by atoms with Gasteiger partial charge in [-0.05, 0) is 29.8 Å². The lowest BCUT2D eigenvalue weighted by molar-refractivity contribution is -0.0266. The molecule has 2 aromatic heterocycles. The van der Waals surface area contributed by atoms with E-state index in [1.807, 2.05) is 29.1 Å². The summed E-state index contributed by atoms with van der Waals surface area (Å²) in [7, 11) is 3.23. The highest BCUT2D eigenvalue weighted by atomic mass is 32.1. The average molecular weight is 507 g/mol. The molecule has 9 nitrogen and oxygen atoms in total. The summed E-state index contributed by atoms with van der Waals surface area (Å²) in [6.45, 7) is 4.16. The molecule has 0 spiro atoms.